The van der Waals surface area contributed by atoms with E-state index in [1.165, 1.54) is 6.07 Å². The van der Waals surface area contributed by atoms with Gasteiger partial charge in [0.25, 0.3) is 0 Å². The zero-order valence-corrected chi connectivity index (χ0v) is 11.8. The number of nitrogens with one attached hydrogen (secondary N) is 1. The highest BCUT2D eigenvalue weighted by Gasteiger charge is 2.20. The Labute approximate surface area is 126 Å². The molecule has 1 heterocycles. The minimum Gasteiger partial charge on any atom is -0.271 e. The molecule has 0 fully saturated rings. The summed E-state index contributed by atoms with van der Waals surface area (Å²) < 4.78 is 13.7. The van der Waals surface area contributed by atoms with E-state index < -0.39 is 11.9 Å². The number of pyridine rings is 1. The van der Waals surface area contributed by atoms with Gasteiger partial charge < -0.3 is 0 Å². The third kappa shape index (κ3) is 2.49. The van der Waals surface area contributed by atoms with Crippen LogP contribution in [0.15, 0.2) is 54.7 Å². The maximum Gasteiger partial charge on any atom is 0.142 e. The highest BCUT2D eigenvalue weighted by molar-refractivity contribution is 6.31. The van der Waals surface area contributed by atoms with Crippen LogP contribution in [0, 0.1) is 5.82 Å². The number of aromatic nitrogens is 1. The van der Waals surface area contributed by atoms with Crippen LogP contribution in [-0.4, -0.2) is 4.98 Å². The van der Waals surface area contributed by atoms with Crippen LogP contribution >= 0.6 is 11.6 Å². The molecule has 0 radical (unpaired) electrons. The van der Waals surface area contributed by atoms with Crippen LogP contribution < -0.4 is 11.3 Å². The Morgan fingerprint density at radius 2 is 1.76 bits per heavy atom. The number of hydrogen-bond acceptors (Lipinski definition) is 3. The number of nitrogens with zero attached hydrogens (tertiary/aromatic N) is 1. The molecule has 5 heteroatoms. The first-order chi connectivity index (χ1) is 10.2. The molecule has 0 bridgehead atoms. The number of halogens is 2. The third-order valence-corrected chi connectivity index (χ3v) is 3.83. The minimum atomic E-state index is -0.470. The van der Waals surface area contributed by atoms with E-state index in [9.17, 15) is 4.39 Å². The fourth-order valence-corrected chi connectivity index (χ4v) is 2.69. The van der Waals surface area contributed by atoms with E-state index in [1.807, 2.05) is 30.3 Å². The molecule has 1 atom stereocenters. The van der Waals surface area contributed by atoms with Crippen molar-refractivity contribution in [1.82, 2.24) is 10.4 Å². The maximum atomic E-state index is 13.7. The highest BCUT2D eigenvalue weighted by atomic mass is 35.5. The van der Waals surface area contributed by atoms with Crippen molar-refractivity contribution in [2.45, 2.75) is 6.04 Å². The van der Waals surface area contributed by atoms with Crippen LogP contribution in [-0.2, 0) is 0 Å². The molecule has 2 aromatic carbocycles. The predicted molar refractivity (Wildman–Crippen MR) is 82.3 cm³/mol. The van der Waals surface area contributed by atoms with Crippen LogP contribution in [0.5, 0.6) is 0 Å². The van der Waals surface area contributed by atoms with E-state index in [-0.39, 0.29) is 5.02 Å². The molecule has 0 saturated heterocycles. The summed E-state index contributed by atoms with van der Waals surface area (Å²) in [4.78, 5) is 4.40. The number of hydrogen-bond donors (Lipinski definition) is 2. The number of rotatable bonds is 3. The summed E-state index contributed by atoms with van der Waals surface area (Å²) in [6.45, 7) is 0. The summed E-state index contributed by atoms with van der Waals surface area (Å²) in [5, 5.41) is 1.05. The Hall–Kier alpha value is -2.01. The Kier molecular flexibility index (Phi) is 3.84. The second-order valence-corrected chi connectivity index (χ2v) is 5.04. The Balaban J connectivity index is 2.21. The first kappa shape index (κ1) is 13.9. The van der Waals surface area contributed by atoms with Crippen molar-refractivity contribution in [3.05, 3.63) is 76.7 Å². The number of fused-ring (bicyclic) bond motifs is 1. The highest BCUT2D eigenvalue weighted by Crippen LogP contribution is 2.32. The van der Waals surface area contributed by atoms with Crippen LogP contribution in [0.4, 0.5) is 4.39 Å². The molecule has 0 aliphatic heterocycles. The molecule has 1 unspecified atom stereocenters. The summed E-state index contributed by atoms with van der Waals surface area (Å²) in [6.07, 6.45) is 1.71. The number of benzene rings is 2. The van der Waals surface area contributed by atoms with Gasteiger partial charge in [0, 0.05) is 17.1 Å². The molecule has 3 nitrogen and oxygen atoms in total. The molecule has 106 valence electrons. The molecule has 3 rings (SSSR count). The van der Waals surface area contributed by atoms with Gasteiger partial charge in [-0.05, 0) is 17.7 Å². The lowest BCUT2D eigenvalue weighted by atomic mass is 9.96. The van der Waals surface area contributed by atoms with Crippen molar-refractivity contribution in [2.24, 2.45) is 5.84 Å². The third-order valence-electron chi connectivity index (χ3n) is 3.43. The van der Waals surface area contributed by atoms with Crippen molar-refractivity contribution in [3.8, 4) is 0 Å². The van der Waals surface area contributed by atoms with Gasteiger partial charge in [0.2, 0.25) is 0 Å². The van der Waals surface area contributed by atoms with E-state index in [2.05, 4.69) is 10.4 Å². The molecule has 0 aliphatic rings. The van der Waals surface area contributed by atoms with Gasteiger partial charge in [0.15, 0.2) is 0 Å². The van der Waals surface area contributed by atoms with Crippen molar-refractivity contribution >= 4 is 22.5 Å². The SMILES string of the molecule is NNC(c1cccc(F)c1Cl)c1cccc2cccnc12. The lowest BCUT2D eigenvalue weighted by molar-refractivity contribution is 0.607. The molecule has 0 aliphatic carbocycles. The second-order valence-electron chi connectivity index (χ2n) is 4.67. The van der Waals surface area contributed by atoms with Gasteiger partial charge in [0.1, 0.15) is 5.82 Å². The summed E-state index contributed by atoms with van der Waals surface area (Å²) in [5.41, 5.74) is 4.94. The van der Waals surface area contributed by atoms with Crippen molar-refractivity contribution in [2.75, 3.05) is 0 Å². The smallest absolute Gasteiger partial charge is 0.142 e. The summed E-state index contributed by atoms with van der Waals surface area (Å²) >= 11 is 6.08. The van der Waals surface area contributed by atoms with Gasteiger partial charge >= 0.3 is 0 Å². The molecule has 21 heavy (non-hydrogen) atoms. The topological polar surface area (TPSA) is 50.9 Å². The number of hydrazine groups is 1. The zero-order valence-electron chi connectivity index (χ0n) is 11.1. The predicted octanol–water partition coefficient (Wildman–Crippen LogP) is 3.58. The normalized spacial score (nSPS) is 12.5. The van der Waals surface area contributed by atoms with E-state index in [0.29, 0.717) is 5.56 Å². The van der Waals surface area contributed by atoms with Crippen LogP contribution in [0.3, 0.4) is 0 Å². The minimum absolute atomic E-state index is 0.0633. The average Bonchev–Trinajstić information content (AvgIpc) is 2.52. The van der Waals surface area contributed by atoms with Crippen molar-refractivity contribution in [1.29, 1.82) is 0 Å². The maximum absolute atomic E-state index is 13.7. The van der Waals surface area contributed by atoms with Gasteiger partial charge in [-0.15, -0.1) is 0 Å². The first-order valence-corrected chi connectivity index (χ1v) is 6.84. The van der Waals surface area contributed by atoms with Crippen molar-refractivity contribution in [3.63, 3.8) is 0 Å². The number of nitrogens with two attached hydrogens (primary N) is 1. The molecule has 3 N–H and O–H groups in total. The van der Waals surface area contributed by atoms with Crippen LogP contribution in [0.25, 0.3) is 10.9 Å². The average molecular weight is 302 g/mol. The van der Waals surface area contributed by atoms with E-state index in [4.69, 9.17) is 17.4 Å². The second kappa shape index (κ2) is 5.77. The molecule has 0 saturated carbocycles. The van der Waals surface area contributed by atoms with Crippen LogP contribution in [0.2, 0.25) is 5.02 Å². The fourth-order valence-electron chi connectivity index (χ4n) is 2.45. The van der Waals surface area contributed by atoms with Gasteiger partial charge in [-0.25, -0.2) is 9.82 Å². The van der Waals surface area contributed by atoms with E-state index in [1.54, 1.807) is 18.3 Å². The summed E-state index contributed by atoms with van der Waals surface area (Å²) in [6, 6.07) is 13.9. The van der Waals surface area contributed by atoms with Crippen molar-refractivity contribution < 1.29 is 4.39 Å². The van der Waals surface area contributed by atoms with E-state index >= 15 is 0 Å². The Bertz CT molecular complexity index is 786. The molecule has 3 aromatic rings. The quantitative estimate of drug-likeness (QED) is 0.574. The molecular formula is C16H13ClFN3. The van der Waals surface area contributed by atoms with Gasteiger partial charge in [-0.3, -0.25) is 10.8 Å². The lowest BCUT2D eigenvalue weighted by Gasteiger charge is -2.19. The van der Waals surface area contributed by atoms with Gasteiger partial charge in [-0.2, -0.15) is 0 Å². The van der Waals surface area contributed by atoms with Crippen LogP contribution in [0.1, 0.15) is 17.2 Å². The van der Waals surface area contributed by atoms with E-state index in [0.717, 1.165) is 16.5 Å². The van der Waals surface area contributed by atoms with Gasteiger partial charge in [-0.1, -0.05) is 48.0 Å². The molecule has 1 aromatic heterocycles. The molecular weight excluding hydrogens is 289 g/mol. The Morgan fingerprint density at radius 1 is 1.05 bits per heavy atom. The first-order valence-electron chi connectivity index (χ1n) is 6.46. The molecule has 0 amide bonds. The molecule has 0 spiro atoms. The fraction of sp³-hybridized carbons (Fsp3) is 0.0625. The van der Waals surface area contributed by atoms with Gasteiger partial charge in [0.05, 0.1) is 16.6 Å². The number of para-hydroxylation sites is 1. The Morgan fingerprint density at radius 3 is 2.57 bits per heavy atom. The summed E-state index contributed by atoms with van der Waals surface area (Å²) in [7, 11) is 0. The lowest BCUT2D eigenvalue weighted by Crippen LogP contribution is -2.29. The largest absolute Gasteiger partial charge is 0.271 e. The summed E-state index contributed by atoms with van der Waals surface area (Å²) in [5.74, 6) is 5.22. The zero-order chi connectivity index (χ0) is 14.8. The monoisotopic (exact) mass is 301 g/mol. The standard InChI is InChI=1S/C16H13ClFN3/c17-14-11(6-2-8-13(14)18)16(21-19)12-7-1-4-10-5-3-9-20-15(10)12/h1-9,16,21H,19H2.